The van der Waals surface area contributed by atoms with Gasteiger partial charge in [-0.2, -0.15) is 13.2 Å². The second-order valence-electron chi connectivity index (χ2n) is 6.26. The Hall–Kier alpha value is -2.75. The fraction of sp³-hybridized carbons (Fsp3) is 0.143. The molecule has 0 fully saturated rings. The van der Waals surface area contributed by atoms with E-state index in [-0.39, 0.29) is 6.04 Å². The van der Waals surface area contributed by atoms with E-state index in [0.29, 0.717) is 0 Å². The fourth-order valence-corrected chi connectivity index (χ4v) is 3.28. The van der Waals surface area contributed by atoms with Crippen LogP contribution in [0.1, 0.15) is 22.7 Å². The van der Waals surface area contributed by atoms with E-state index in [1.54, 1.807) is 12.1 Å². The Bertz CT molecular complexity index is 883. The summed E-state index contributed by atoms with van der Waals surface area (Å²) in [4.78, 5) is 0. The predicted molar refractivity (Wildman–Crippen MR) is 93.4 cm³/mol. The second-order valence-corrected chi connectivity index (χ2v) is 6.26. The normalized spacial score (nSPS) is 16.4. The molecule has 1 aliphatic rings. The lowest BCUT2D eigenvalue weighted by Gasteiger charge is -2.13. The van der Waals surface area contributed by atoms with E-state index in [9.17, 15) is 13.2 Å². The first-order valence-corrected chi connectivity index (χ1v) is 8.13. The quantitative estimate of drug-likeness (QED) is 0.596. The standard InChI is InChI=1S/C21H16F3N/c22-21(23,24)18-9-6-15(7-10-18)20-13-17-12-16(8-11-19(17)25-20)14-4-2-1-3-5-14/h1-12,20,25H,13H2. The van der Waals surface area contributed by atoms with Crippen molar-refractivity contribution in [1.29, 1.82) is 0 Å². The summed E-state index contributed by atoms with van der Waals surface area (Å²) in [6.07, 6.45) is -3.53. The molecule has 4 heteroatoms. The van der Waals surface area contributed by atoms with E-state index in [1.807, 2.05) is 24.3 Å². The average molecular weight is 339 g/mol. The Morgan fingerprint density at radius 1 is 0.800 bits per heavy atom. The van der Waals surface area contributed by atoms with Crippen molar-refractivity contribution >= 4 is 5.69 Å². The number of nitrogens with one attached hydrogen (secondary N) is 1. The summed E-state index contributed by atoms with van der Waals surface area (Å²) in [7, 11) is 0. The molecule has 0 bridgehead atoms. The van der Waals surface area contributed by atoms with Gasteiger partial charge in [0.2, 0.25) is 0 Å². The zero-order chi connectivity index (χ0) is 17.4. The van der Waals surface area contributed by atoms with Crippen LogP contribution in [0.3, 0.4) is 0 Å². The molecule has 1 N–H and O–H groups in total. The van der Waals surface area contributed by atoms with Crippen LogP contribution in [0.4, 0.5) is 18.9 Å². The molecule has 4 rings (SSSR count). The minimum absolute atomic E-state index is 0.00306. The number of hydrogen-bond donors (Lipinski definition) is 1. The number of hydrogen-bond acceptors (Lipinski definition) is 1. The van der Waals surface area contributed by atoms with Crippen LogP contribution in [0.25, 0.3) is 11.1 Å². The van der Waals surface area contributed by atoms with Gasteiger partial charge < -0.3 is 5.32 Å². The van der Waals surface area contributed by atoms with E-state index in [0.717, 1.165) is 40.9 Å². The Labute approximate surface area is 144 Å². The van der Waals surface area contributed by atoms with Crippen LogP contribution in [-0.2, 0) is 12.6 Å². The molecule has 3 aromatic carbocycles. The molecule has 1 atom stereocenters. The van der Waals surface area contributed by atoms with E-state index in [1.165, 1.54) is 5.56 Å². The van der Waals surface area contributed by atoms with Crippen molar-refractivity contribution in [3.8, 4) is 11.1 Å². The van der Waals surface area contributed by atoms with Crippen LogP contribution in [0.5, 0.6) is 0 Å². The minimum Gasteiger partial charge on any atom is -0.378 e. The van der Waals surface area contributed by atoms with Gasteiger partial charge in [-0.1, -0.05) is 48.5 Å². The zero-order valence-electron chi connectivity index (χ0n) is 13.3. The molecule has 1 aliphatic heterocycles. The van der Waals surface area contributed by atoms with Crippen LogP contribution in [0.15, 0.2) is 72.8 Å². The highest BCUT2D eigenvalue weighted by Gasteiger charge is 2.30. The van der Waals surface area contributed by atoms with Crippen molar-refractivity contribution < 1.29 is 13.2 Å². The molecule has 0 aliphatic carbocycles. The van der Waals surface area contributed by atoms with Crippen LogP contribution in [0, 0.1) is 0 Å². The molecule has 126 valence electrons. The van der Waals surface area contributed by atoms with Gasteiger partial charge in [0.25, 0.3) is 0 Å². The second kappa shape index (κ2) is 5.96. The highest BCUT2D eigenvalue weighted by atomic mass is 19.4. The molecule has 1 heterocycles. The number of fused-ring (bicyclic) bond motifs is 1. The van der Waals surface area contributed by atoms with Crippen molar-refractivity contribution in [2.45, 2.75) is 18.6 Å². The van der Waals surface area contributed by atoms with Crippen LogP contribution >= 0.6 is 0 Å². The van der Waals surface area contributed by atoms with Crippen molar-refractivity contribution in [2.24, 2.45) is 0 Å². The van der Waals surface area contributed by atoms with Crippen LogP contribution in [0.2, 0.25) is 0 Å². The summed E-state index contributed by atoms with van der Waals surface area (Å²) in [6, 6.07) is 21.8. The molecule has 0 saturated carbocycles. The molecule has 3 aromatic rings. The number of anilines is 1. The number of rotatable bonds is 2. The molecular formula is C21H16F3N. The first-order valence-electron chi connectivity index (χ1n) is 8.13. The van der Waals surface area contributed by atoms with E-state index < -0.39 is 11.7 Å². The summed E-state index contributed by atoms with van der Waals surface area (Å²) < 4.78 is 38.1. The average Bonchev–Trinajstić information content (AvgIpc) is 3.05. The fourth-order valence-electron chi connectivity index (χ4n) is 3.28. The summed E-state index contributed by atoms with van der Waals surface area (Å²) >= 11 is 0. The minimum atomic E-state index is -4.30. The van der Waals surface area contributed by atoms with Crippen molar-refractivity contribution in [1.82, 2.24) is 0 Å². The third-order valence-electron chi connectivity index (χ3n) is 4.61. The zero-order valence-corrected chi connectivity index (χ0v) is 13.3. The Kier molecular flexibility index (Phi) is 3.75. The Morgan fingerprint density at radius 3 is 2.20 bits per heavy atom. The highest BCUT2D eigenvalue weighted by molar-refractivity contribution is 5.70. The smallest absolute Gasteiger partial charge is 0.378 e. The number of halogens is 3. The molecule has 0 radical (unpaired) electrons. The van der Waals surface area contributed by atoms with Gasteiger partial charge in [0.1, 0.15) is 0 Å². The van der Waals surface area contributed by atoms with Gasteiger partial charge in [0, 0.05) is 5.69 Å². The lowest BCUT2D eigenvalue weighted by atomic mass is 9.98. The maximum atomic E-state index is 12.7. The Balaban J connectivity index is 1.57. The molecule has 1 nitrogen and oxygen atoms in total. The van der Waals surface area contributed by atoms with Crippen molar-refractivity contribution in [3.05, 3.63) is 89.5 Å². The first kappa shape index (κ1) is 15.8. The monoisotopic (exact) mass is 339 g/mol. The first-order chi connectivity index (χ1) is 12.0. The SMILES string of the molecule is FC(F)(F)c1ccc(C2Cc3cc(-c4ccccc4)ccc3N2)cc1. The van der Waals surface area contributed by atoms with Crippen LogP contribution < -0.4 is 5.32 Å². The third-order valence-corrected chi connectivity index (χ3v) is 4.61. The maximum absolute atomic E-state index is 12.7. The lowest BCUT2D eigenvalue weighted by molar-refractivity contribution is -0.137. The van der Waals surface area contributed by atoms with E-state index in [2.05, 4.69) is 29.6 Å². The molecule has 0 saturated heterocycles. The lowest BCUT2D eigenvalue weighted by Crippen LogP contribution is -2.08. The van der Waals surface area contributed by atoms with Gasteiger partial charge in [-0.15, -0.1) is 0 Å². The summed E-state index contributed by atoms with van der Waals surface area (Å²) in [5.41, 5.74) is 4.79. The number of benzene rings is 3. The van der Waals surface area contributed by atoms with Crippen LogP contribution in [-0.4, -0.2) is 0 Å². The van der Waals surface area contributed by atoms with E-state index in [4.69, 9.17) is 0 Å². The van der Waals surface area contributed by atoms with Crippen molar-refractivity contribution in [3.63, 3.8) is 0 Å². The number of alkyl halides is 3. The predicted octanol–water partition coefficient (Wildman–Crippen LogP) is 6.08. The van der Waals surface area contributed by atoms with Gasteiger partial charge >= 0.3 is 6.18 Å². The topological polar surface area (TPSA) is 12.0 Å². The third kappa shape index (κ3) is 3.12. The molecule has 0 spiro atoms. The molecular weight excluding hydrogens is 323 g/mol. The Morgan fingerprint density at radius 2 is 1.52 bits per heavy atom. The summed E-state index contributed by atoms with van der Waals surface area (Å²) in [5.74, 6) is 0. The van der Waals surface area contributed by atoms with Gasteiger partial charge in [0.15, 0.2) is 0 Å². The maximum Gasteiger partial charge on any atom is 0.416 e. The van der Waals surface area contributed by atoms with E-state index >= 15 is 0 Å². The molecule has 0 amide bonds. The molecule has 1 unspecified atom stereocenters. The summed E-state index contributed by atoms with van der Waals surface area (Å²) in [5, 5.41) is 3.41. The molecule has 0 aromatic heterocycles. The highest BCUT2D eigenvalue weighted by Crippen LogP contribution is 2.37. The summed E-state index contributed by atoms with van der Waals surface area (Å²) in [6.45, 7) is 0. The van der Waals surface area contributed by atoms with Gasteiger partial charge in [-0.05, 0) is 52.9 Å². The van der Waals surface area contributed by atoms with Gasteiger partial charge in [0.05, 0.1) is 11.6 Å². The van der Waals surface area contributed by atoms with Crippen molar-refractivity contribution in [2.75, 3.05) is 5.32 Å². The van der Waals surface area contributed by atoms with Gasteiger partial charge in [-0.25, -0.2) is 0 Å². The largest absolute Gasteiger partial charge is 0.416 e. The van der Waals surface area contributed by atoms with Gasteiger partial charge in [-0.3, -0.25) is 0 Å². The molecule has 25 heavy (non-hydrogen) atoms.